The second kappa shape index (κ2) is 29.5. The molecule has 0 fully saturated rings. The van der Waals surface area contributed by atoms with Gasteiger partial charge in [-0.1, -0.05) is 35.8 Å². The summed E-state index contributed by atoms with van der Waals surface area (Å²) in [6, 6.07) is 9.93. The normalized spacial score (nSPS) is 9.60. The monoisotopic (exact) mass is 806 g/mol. The molecule has 1 atom stereocenters. The van der Waals surface area contributed by atoms with Crippen molar-refractivity contribution >= 4 is 18.2 Å². The minimum atomic E-state index is -1.75. The van der Waals surface area contributed by atoms with Crippen LogP contribution in [0.3, 0.4) is 0 Å². The van der Waals surface area contributed by atoms with Gasteiger partial charge >= 0.3 is 55.7 Å². The predicted octanol–water partition coefficient (Wildman–Crippen LogP) is 1.65. The molecule has 0 N–H and O–H groups in total. The average molecular weight is 807 g/mol. The van der Waals surface area contributed by atoms with Crippen LogP contribution < -0.4 is 19.7 Å². The number of aliphatic imine (C=N–C) groups is 2. The molecule has 0 heterocycles. The summed E-state index contributed by atoms with van der Waals surface area (Å²) < 4.78 is 9.99. The van der Waals surface area contributed by atoms with Crippen molar-refractivity contribution in [1.29, 1.82) is 0 Å². The van der Waals surface area contributed by atoms with Crippen LogP contribution >= 0.6 is 0 Å². The van der Waals surface area contributed by atoms with Gasteiger partial charge in [0.25, 0.3) is 0 Å². The van der Waals surface area contributed by atoms with Gasteiger partial charge in [-0.15, -0.1) is 0 Å². The molecule has 21 heteroatoms. The summed E-state index contributed by atoms with van der Waals surface area (Å²) in [5.41, 5.74) is 0.926. The van der Waals surface area contributed by atoms with Crippen LogP contribution in [0, 0.1) is 84.6 Å². The SMILES string of the molecule is CC(C)=O.COc1cccc(C=NC[C@H](C)N=Cc2cccc(OC)c2[O-])c1[O-].O=[N+]([O-])[O-].O=[N+]([O-])[O-].O=[N+]([O-])[O-].[Cu+2].[Tb+3]. The van der Waals surface area contributed by atoms with Gasteiger partial charge in [-0.25, -0.2) is 0 Å². The topological polar surface area (TPSA) is 305 Å². The summed E-state index contributed by atoms with van der Waals surface area (Å²) in [6.45, 7) is 5.33. The maximum absolute atomic E-state index is 12.0. The van der Waals surface area contributed by atoms with E-state index in [1.54, 1.807) is 36.4 Å². The molecular formula is C22H26CuN5O14Tb. The Morgan fingerprint density at radius 1 is 0.791 bits per heavy atom. The minimum Gasteiger partial charge on any atom is -0.870 e. The first-order valence-electron chi connectivity index (χ1n) is 10.6. The van der Waals surface area contributed by atoms with Gasteiger partial charge in [0, 0.05) is 12.4 Å². The number of methoxy groups -OCH3 is 2. The summed E-state index contributed by atoms with van der Waals surface area (Å²) in [4.78, 5) is 42.8. The molecule has 0 unspecified atom stereocenters. The first-order valence-corrected chi connectivity index (χ1v) is 10.6. The Labute approximate surface area is 286 Å². The number of hydrogen-bond acceptors (Lipinski definition) is 16. The molecule has 0 aliphatic heterocycles. The van der Waals surface area contributed by atoms with Gasteiger partial charge in [-0.3, -0.25) is 9.98 Å². The Kier molecular flexibility index (Phi) is 33.5. The minimum absolute atomic E-state index is 0. The van der Waals surface area contributed by atoms with E-state index in [0.29, 0.717) is 17.7 Å². The summed E-state index contributed by atoms with van der Waals surface area (Å²) >= 11 is 0. The van der Waals surface area contributed by atoms with E-state index in [-0.39, 0.29) is 90.5 Å². The largest absolute Gasteiger partial charge is 3.00 e. The third-order valence-electron chi connectivity index (χ3n) is 3.53. The number of carbonyl (C=O) groups excluding carboxylic acids is 1. The zero-order chi connectivity index (χ0) is 32.5. The molecule has 0 saturated carbocycles. The van der Waals surface area contributed by atoms with Crippen molar-refractivity contribution < 1.29 is 95.4 Å². The smallest absolute Gasteiger partial charge is 0.870 e. The van der Waals surface area contributed by atoms with E-state index >= 15 is 0 Å². The molecule has 0 amide bonds. The Morgan fingerprint density at radius 3 is 1.40 bits per heavy atom. The van der Waals surface area contributed by atoms with Crippen molar-refractivity contribution in [3.8, 4) is 23.0 Å². The number of para-hydroxylation sites is 2. The molecule has 19 nitrogen and oxygen atoms in total. The second-order valence-corrected chi connectivity index (χ2v) is 6.96. The molecule has 0 aliphatic carbocycles. The molecule has 0 bridgehead atoms. The van der Waals surface area contributed by atoms with Gasteiger partial charge in [-0.05, 0) is 44.0 Å². The summed E-state index contributed by atoms with van der Waals surface area (Å²) in [6.07, 6.45) is 3.04. The first-order chi connectivity index (χ1) is 19.0. The molecule has 0 spiro atoms. The van der Waals surface area contributed by atoms with Gasteiger partial charge in [0.15, 0.2) is 0 Å². The van der Waals surface area contributed by atoms with Crippen LogP contribution in [-0.2, 0) is 21.9 Å². The number of hydrogen-bond donors (Lipinski definition) is 0. The Morgan fingerprint density at radius 2 is 1.09 bits per heavy atom. The van der Waals surface area contributed by atoms with Gasteiger partial charge in [0.05, 0.1) is 42.1 Å². The Hall–Kier alpha value is -3.94. The second-order valence-electron chi connectivity index (χ2n) is 6.96. The van der Waals surface area contributed by atoms with Crippen molar-refractivity contribution in [2.45, 2.75) is 26.8 Å². The van der Waals surface area contributed by atoms with Gasteiger partial charge in [0.1, 0.15) is 17.3 Å². The van der Waals surface area contributed by atoms with Crippen molar-refractivity contribution in [3.63, 3.8) is 0 Å². The molecule has 0 saturated heterocycles. The fraction of sp³-hybridized carbons (Fsp3) is 0.318. The van der Waals surface area contributed by atoms with Crippen LogP contribution in [0.2, 0.25) is 0 Å². The maximum Gasteiger partial charge on any atom is 3.00 e. The Balaban J connectivity index is -0.000000222. The van der Waals surface area contributed by atoms with Gasteiger partial charge < -0.3 is 70.4 Å². The zero-order valence-corrected chi connectivity index (χ0v) is 26.1. The molecule has 2 aromatic rings. The predicted molar refractivity (Wildman–Crippen MR) is 142 cm³/mol. The number of ether oxygens (including phenoxy) is 2. The van der Waals surface area contributed by atoms with Gasteiger partial charge in [0.2, 0.25) is 0 Å². The Bertz CT molecular complexity index is 1110. The number of benzene rings is 2. The van der Waals surface area contributed by atoms with Crippen LogP contribution in [0.4, 0.5) is 0 Å². The number of rotatable bonds is 7. The van der Waals surface area contributed by atoms with E-state index in [0.717, 1.165) is 0 Å². The third kappa shape index (κ3) is 32.4. The first kappa shape index (κ1) is 48.8. The molecular weight excluding hydrogens is 781 g/mol. The molecule has 2 aromatic carbocycles. The van der Waals surface area contributed by atoms with Crippen molar-refractivity contribution in [3.05, 3.63) is 93.5 Å². The van der Waals surface area contributed by atoms with Crippen LogP contribution in [0.5, 0.6) is 23.0 Å². The molecule has 2 rings (SSSR count). The average Bonchev–Trinajstić information content (AvgIpc) is 2.83. The molecule has 0 aliphatic rings. The fourth-order valence-electron chi connectivity index (χ4n) is 2.15. The molecule has 1 radical (unpaired) electrons. The number of carbonyl (C=O) groups is 1. The van der Waals surface area contributed by atoms with Gasteiger partial charge in [-0.2, -0.15) is 0 Å². The van der Waals surface area contributed by atoms with E-state index in [1.165, 1.54) is 40.5 Å². The number of Topliss-reactive ketones (excluding diaryl/α,β-unsaturated/α-hetero) is 1. The van der Waals surface area contributed by atoms with Crippen molar-refractivity contribution in [1.82, 2.24) is 0 Å². The van der Waals surface area contributed by atoms with Crippen molar-refractivity contribution in [2.24, 2.45) is 9.98 Å². The van der Waals surface area contributed by atoms with E-state index in [2.05, 4.69) is 9.98 Å². The van der Waals surface area contributed by atoms with E-state index < -0.39 is 15.3 Å². The third-order valence-corrected chi connectivity index (χ3v) is 3.53. The van der Waals surface area contributed by atoms with Crippen molar-refractivity contribution in [2.75, 3.05) is 20.8 Å². The van der Waals surface area contributed by atoms with E-state index in [9.17, 15) is 15.0 Å². The molecule has 43 heavy (non-hydrogen) atoms. The number of nitrogens with zero attached hydrogens (tertiary/aromatic N) is 5. The molecule has 243 valence electrons. The molecule has 0 aromatic heterocycles. The summed E-state index contributed by atoms with van der Waals surface area (Å²) in [5.74, 6) is 0.348. The van der Waals surface area contributed by atoms with Crippen LogP contribution in [0.25, 0.3) is 0 Å². The fourth-order valence-corrected chi connectivity index (χ4v) is 2.15. The number of ketones is 1. The quantitative estimate of drug-likeness (QED) is 0.166. The standard InChI is InChI=1S/C19H22N2O4.C3H6O.Cu.3NO3.Tb/c1-13(21-12-15-7-5-9-17(25-3)19(15)23)10-20-11-14-6-4-8-16(24-2)18(14)22;1-3(2)4;;3*2-1(3)4;/h4-9,11-13,22-23H,10H2,1-3H3;1-2H3;;;;;/q;;+2;3*-1;+3/p-2/t13-;;;;;;/m0....../s1. The maximum atomic E-state index is 12.0. The van der Waals surface area contributed by atoms with E-state index in [4.69, 9.17) is 55.4 Å². The van der Waals surface area contributed by atoms with E-state index in [1.807, 2.05) is 6.92 Å². The summed E-state index contributed by atoms with van der Waals surface area (Å²) in [7, 11) is 2.91. The van der Waals surface area contributed by atoms with Crippen LogP contribution in [-0.4, -0.2) is 60.3 Å². The zero-order valence-electron chi connectivity index (χ0n) is 23.0. The van der Waals surface area contributed by atoms with Crippen LogP contribution in [0.15, 0.2) is 46.4 Å². The summed E-state index contributed by atoms with van der Waals surface area (Å²) in [5, 5.41) is 68.3. The van der Waals surface area contributed by atoms with Crippen LogP contribution in [0.1, 0.15) is 31.9 Å².